The summed E-state index contributed by atoms with van der Waals surface area (Å²) in [6.45, 7) is -0.0912. The zero-order valence-corrected chi connectivity index (χ0v) is 18.5. The van der Waals surface area contributed by atoms with Crippen molar-refractivity contribution >= 4 is 15.9 Å². The van der Waals surface area contributed by atoms with Crippen molar-refractivity contribution in [2.45, 2.75) is 42.4 Å². The Labute approximate surface area is 186 Å². The lowest BCUT2D eigenvalue weighted by molar-refractivity contribution is -0.0871. The first kappa shape index (κ1) is 24.1. The molecule has 2 aromatic carbocycles. The number of halogens is 1. The second-order valence-corrected chi connectivity index (χ2v) is 9.20. The highest BCUT2D eigenvalue weighted by atomic mass is 32.2. The molecule has 3 atom stereocenters. The van der Waals surface area contributed by atoms with E-state index in [2.05, 4.69) is 10.0 Å². The average Bonchev–Trinajstić information content (AvgIpc) is 2.80. The maximum Gasteiger partial charge on any atom is 0.254 e. The van der Waals surface area contributed by atoms with Gasteiger partial charge in [-0.15, -0.1) is 0 Å². The monoisotopic (exact) mass is 466 g/mol. The van der Waals surface area contributed by atoms with E-state index in [4.69, 9.17) is 9.47 Å². The Morgan fingerprint density at radius 2 is 1.91 bits per heavy atom. The van der Waals surface area contributed by atoms with E-state index in [1.54, 1.807) is 18.2 Å². The molecule has 0 saturated carbocycles. The van der Waals surface area contributed by atoms with Gasteiger partial charge < -0.3 is 19.9 Å². The molecular weight excluding hydrogens is 439 g/mol. The predicted octanol–water partition coefficient (Wildman–Crippen LogP) is 1.84. The molecule has 1 saturated heterocycles. The molecule has 32 heavy (non-hydrogen) atoms. The lowest BCUT2D eigenvalue weighted by Gasteiger charge is -2.36. The number of aliphatic hydroxyl groups is 1. The number of rotatable bonds is 9. The molecule has 1 fully saturated rings. The molecule has 1 amide bonds. The molecule has 0 aliphatic carbocycles. The van der Waals surface area contributed by atoms with Gasteiger partial charge in [-0.3, -0.25) is 4.79 Å². The van der Waals surface area contributed by atoms with Gasteiger partial charge in [-0.2, -0.15) is 0 Å². The molecule has 174 valence electrons. The maximum absolute atomic E-state index is 13.7. The van der Waals surface area contributed by atoms with E-state index in [0.717, 1.165) is 0 Å². The highest BCUT2D eigenvalue weighted by molar-refractivity contribution is 7.89. The second kappa shape index (κ2) is 10.9. The molecule has 1 aliphatic rings. The van der Waals surface area contributed by atoms with Crippen molar-refractivity contribution in [3.63, 3.8) is 0 Å². The molecule has 3 N–H and O–H groups in total. The summed E-state index contributed by atoms with van der Waals surface area (Å²) in [6, 6.07) is 11.1. The average molecular weight is 467 g/mol. The van der Waals surface area contributed by atoms with Crippen LogP contribution in [0, 0.1) is 5.82 Å². The van der Waals surface area contributed by atoms with Crippen LogP contribution < -0.4 is 14.8 Å². The first-order chi connectivity index (χ1) is 15.3. The first-order valence-corrected chi connectivity index (χ1v) is 11.8. The van der Waals surface area contributed by atoms with Crippen molar-refractivity contribution in [1.82, 2.24) is 10.0 Å². The van der Waals surface area contributed by atoms with E-state index in [-0.39, 0.29) is 29.7 Å². The number of aliphatic hydroxyl groups excluding tert-OH is 1. The van der Waals surface area contributed by atoms with Gasteiger partial charge in [0.25, 0.3) is 5.91 Å². The lowest BCUT2D eigenvalue weighted by Crippen LogP contribution is -2.51. The number of hydrogen-bond donors (Lipinski definition) is 3. The van der Waals surface area contributed by atoms with Gasteiger partial charge in [0.05, 0.1) is 42.4 Å². The predicted molar refractivity (Wildman–Crippen MR) is 115 cm³/mol. The molecule has 0 aromatic heterocycles. The third kappa shape index (κ3) is 6.04. The van der Waals surface area contributed by atoms with Gasteiger partial charge in [-0.25, -0.2) is 17.5 Å². The molecule has 2 aromatic rings. The van der Waals surface area contributed by atoms with E-state index >= 15 is 0 Å². The lowest BCUT2D eigenvalue weighted by atomic mass is 9.98. The number of sulfonamides is 1. The van der Waals surface area contributed by atoms with Crippen molar-refractivity contribution in [3.8, 4) is 5.75 Å². The summed E-state index contributed by atoms with van der Waals surface area (Å²) in [6.07, 6.45) is 0.474. The van der Waals surface area contributed by atoms with Gasteiger partial charge in [0.2, 0.25) is 10.0 Å². The van der Waals surface area contributed by atoms with Gasteiger partial charge in [-0.05, 0) is 55.7 Å². The molecule has 1 aliphatic heterocycles. The minimum atomic E-state index is -3.80. The molecule has 0 spiro atoms. The smallest absolute Gasteiger partial charge is 0.254 e. The van der Waals surface area contributed by atoms with E-state index in [0.29, 0.717) is 25.0 Å². The number of amides is 1. The summed E-state index contributed by atoms with van der Waals surface area (Å²) in [7, 11) is -2.30. The zero-order valence-electron chi connectivity index (χ0n) is 17.7. The number of benzene rings is 2. The van der Waals surface area contributed by atoms with Crippen LogP contribution in [0.25, 0.3) is 0 Å². The Morgan fingerprint density at radius 3 is 2.56 bits per heavy atom. The summed E-state index contributed by atoms with van der Waals surface area (Å²) in [5, 5.41) is 12.4. The van der Waals surface area contributed by atoms with Crippen molar-refractivity contribution in [2.24, 2.45) is 0 Å². The number of ether oxygens (including phenoxy) is 2. The topological polar surface area (TPSA) is 114 Å². The van der Waals surface area contributed by atoms with E-state index in [1.807, 2.05) is 0 Å². The normalized spacial score (nSPS) is 21.2. The van der Waals surface area contributed by atoms with Crippen LogP contribution in [0.2, 0.25) is 0 Å². The van der Waals surface area contributed by atoms with Gasteiger partial charge in [0, 0.05) is 6.54 Å². The van der Waals surface area contributed by atoms with E-state index in [9.17, 15) is 22.7 Å². The van der Waals surface area contributed by atoms with E-state index in [1.165, 1.54) is 37.4 Å². The summed E-state index contributed by atoms with van der Waals surface area (Å²) < 4.78 is 52.6. The standard InChI is InChI=1S/C22H27FN2O6S/c1-30-15-6-9-17(10-7-15)32(28,29)25-20-11-8-16(31-21(20)14-26)12-13-24-22(27)18-4-2-3-5-19(18)23/h2-7,9-10,16,20-21,25-26H,8,11-14H2,1H3,(H,24,27)/t16-,20-,21-/m1/s1. The Bertz CT molecular complexity index is 1020. The largest absolute Gasteiger partial charge is 0.497 e. The SMILES string of the molecule is COc1ccc(S(=O)(=O)N[C@@H]2CC[C@H](CCNC(=O)c3ccccc3F)O[C@@H]2CO)cc1. The fourth-order valence-corrected chi connectivity index (χ4v) is 4.89. The summed E-state index contributed by atoms with van der Waals surface area (Å²) >= 11 is 0. The van der Waals surface area contributed by atoms with Crippen LogP contribution in [0.4, 0.5) is 4.39 Å². The number of carbonyl (C=O) groups excluding carboxylic acids is 1. The Morgan fingerprint density at radius 1 is 1.19 bits per heavy atom. The van der Waals surface area contributed by atoms with Crippen molar-refractivity contribution in [2.75, 3.05) is 20.3 Å². The summed E-state index contributed by atoms with van der Waals surface area (Å²) in [5.41, 5.74) is -0.0294. The molecule has 10 heteroatoms. The molecule has 3 rings (SSSR count). The van der Waals surface area contributed by atoms with Crippen molar-refractivity contribution in [1.29, 1.82) is 0 Å². The molecular formula is C22H27FN2O6S. The highest BCUT2D eigenvalue weighted by Gasteiger charge is 2.34. The van der Waals surface area contributed by atoms with Crippen LogP contribution in [0.5, 0.6) is 5.75 Å². The molecule has 0 bridgehead atoms. The Hall–Kier alpha value is -2.53. The zero-order chi connectivity index (χ0) is 23.1. The quantitative estimate of drug-likeness (QED) is 0.520. The van der Waals surface area contributed by atoms with Crippen molar-refractivity contribution in [3.05, 3.63) is 59.9 Å². The van der Waals surface area contributed by atoms with Crippen LogP contribution in [0.1, 0.15) is 29.6 Å². The fraction of sp³-hybridized carbons (Fsp3) is 0.409. The fourth-order valence-electron chi connectivity index (χ4n) is 3.59. The Kier molecular flexibility index (Phi) is 8.19. The molecule has 0 radical (unpaired) electrons. The van der Waals surface area contributed by atoms with Crippen molar-refractivity contribution < 1.29 is 32.2 Å². The third-order valence-electron chi connectivity index (χ3n) is 5.34. The maximum atomic E-state index is 13.7. The van der Waals surface area contributed by atoms with Gasteiger partial charge >= 0.3 is 0 Å². The van der Waals surface area contributed by atoms with Gasteiger partial charge in [0.1, 0.15) is 11.6 Å². The summed E-state index contributed by atoms with van der Waals surface area (Å²) in [4.78, 5) is 12.2. The van der Waals surface area contributed by atoms with Crippen LogP contribution in [0.3, 0.4) is 0 Å². The highest BCUT2D eigenvalue weighted by Crippen LogP contribution is 2.24. The van der Waals surface area contributed by atoms with Crippen LogP contribution in [-0.2, 0) is 14.8 Å². The molecule has 0 unspecified atom stereocenters. The first-order valence-electron chi connectivity index (χ1n) is 10.3. The second-order valence-electron chi connectivity index (χ2n) is 7.48. The third-order valence-corrected chi connectivity index (χ3v) is 6.85. The van der Waals surface area contributed by atoms with Crippen LogP contribution in [0.15, 0.2) is 53.4 Å². The molecule has 8 nitrogen and oxygen atoms in total. The number of methoxy groups -OCH3 is 1. The van der Waals surface area contributed by atoms with Gasteiger partial charge in [-0.1, -0.05) is 12.1 Å². The number of nitrogens with one attached hydrogen (secondary N) is 2. The van der Waals surface area contributed by atoms with Crippen LogP contribution >= 0.6 is 0 Å². The minimum absolute atomic E-state index is 0.0294. The summed E-state index contributed by atoms with van der Waals surface area (Å²) in [5.74, 6) is -0.558. The minimum Gasteiger partial charge on any atom is -0.497 e. The van der Waals surface area contributed by atoms with Crippen LogP contribution in [-0.4, -0.2) is 57.9 Å². The Balaban J connectivity index is 1.52. The number of hydrogen-bond acceptors (Lipinski definition) is 6. The van der Waals surface area contributed by atoms with E-state index < -0.39 is 33.9 Å². The van der Waals surface area contributed by atoms with Gasteiger partial charge in [0.15, 0.2) is 0 Å². The number of carbonyl (C=O) groups is 1. The molecule has 1 heterocycles.